The third-order valence-corrected chi connectivity index (χ3v) is 7.59. The molecule has 4 aromatic heterocycles. The predicted molar refractivity (Wildman–Crippen MR) is 146 cm³/mol. The summed E-state index contributed by atoms with van der Waals surface area (Å²) in [4.78, 5) is 38.6. The third kappa shape index (κ3) is 5.55. The van der Waals surface area contributed by atoms with Gasteiger partial charge >= 0.3 is 0 Å². The number of fused-ring (bicyclic) bond motifs is 1. The minimum Gasteiger partial charge on any atom is -0.350 e. The minimum atomic E-state index is -0.215. The average molecular weight is 518 g/mol. The Morgan fingerprint density at radius 3 is 2.68 bits per heavy atom. The number of carbonyl (C=O) groups is 2. The molecule has 2 N–H and O–H groups in total. The maximum atomic E-state index is 13.2. The van der Waals surface area contributed by atoms with Crippen molar-refractivity contribution in [1.82, 2.24) is 29.8 Å². The average Bonchev–Trinajstić information content (AvgIpc) is 3.45. The van der Waals surface area contributed by atoms with E-state index in [1.54, 1.807) is 34.2 Å². The Morgan fingerprint density at radius 1 is 1.16 bits per heavy atom. The van der Waals surface area contributed by atoms with Gasteiger partial charge in [0.1, 0.15) is 5.82 Å². The van der Waals surface area contributed by atoms with Crippen LogP contribution in [0.2, 0.25) is 0 Å². The van der Waals surface area contributed by atoms with Gasteiger partial charge in [0, 0.05) is 30.3 Å². The van der Waals surface area contributed by atoms with E-state index in [0.717, 1.165) is 36.5 Å². The standard InChI is InChI=1S/C27H31N7O2S/c1-4-33(5-2)17(3)15-28-26(35)19-13-22(30-24(14-19)32-27(36)18-8-9-18)20-16-29-34-11-10-21(31-25(20)34)23-7-6-12-37-23/h6-7,10-14,16-18H,4-5,8-9,15H2,1-3H3,(H,28,35)(H,30,32,36). The van der Waals surface area contributed by atoms with Crippen LogP contribution in [0.5, 0.6) is 0 Å². The zero-order valence-corrected chi connectivity index (χ0v) is 22.1. The fraction of sp³-hybridized carbons (Fsp3) is 0.370. The molecule has 4 heterocycles. The van der Waals surface area contributed by atoms with Crippen LogP contribution in [-0.4, -0.2) is 62.0 Å². The van der Waals surface area contributed by atoms with Crippen LogP contribution in [0.3, 0.4) is 0 Å². The van der Waals surface area contributed by atoms with Gasteiger partial charge in [-0.3, -0.25) is 14.5 Å². The topological polar surface area (TPSA) is 105 Å². The largest absolute Gasteiger partial charge is 0.350 e. The molecule has 0 saturated heterocycles. The van der Waals surface area contributed by atoms with Crippen molar-refractivity contribution in [2.24, 2.45) is 5.92 Å². The first-order valence-electron chi connectivity index (χ1n) is 12.7. The smallest absolute Gasteiger partial charge is 0.251 e. The summed E-state index contributed by atoms with van der Waals surface area (Å²) < 4.78 is 1.69. The summed E-state index contributed by atoms with van der Waals surface area (Å²) in [5.41, 5.74) is 3.11. The Balaban J connectivity index is 1.48. The Kier molecular flexibility index (Phi) is 7.29. The van der Waals surface area contributed by atoms with Crippen LogP contribution in [-0.2, 0) is 4.79 Å². The lowest BCUT2D eigenvalue weighted by atomic mass is 10.1. The summed E-state index contributed by atoms with van der Waals surface area (Å²) in [5, 5.41) is 12.4. The molecule has 10 heteroatoms. The SMILES string of the molecule is CCN(CC)C(C)CNC(=O)c1cc(NC(=O)C2CC2)nc(-c2cnn3ccc(-c4cccs4)nc23)c1. The molecule has 1 aliphatic rings. The normalized spacial score (nSPS) is 14.2. The second-order valence-electron chi connectivity index (χ2n) is 9.29. The van der Waals surface area contributed by atoms with E-state index in [4.69, 9.17) is 9.97 Å². The molecule has 0 spiro atoms. The zero-order valence-electron chi connectivity index (χ0n) is 21.3. The van der Waals surface area contributed by atoms with Crippen LogP contribution >= 0.6 is 11.3 Å². The minimum absolute atomic E-state index is 0.0182. The van der Waals surface area contributed by atoms with Crippen molar-refractivity contribution < 1.29 is 9.59 Å². The molecule has 1 aliphatic carbocycles. The van der Waals surface area contributed by atoms with Crippen LogP contribution in [0.4, 0.5) is 5.82 Å². The first-order valence-corrected chi connectivity index (χ1v) is 13.6. The van der Waals surface area contributed by atoms with Crippen molar-refractivity contribution in [2.45, 2.75) is 39.7 Å². The van der Waals surface area contributed by atoms with Gasteiger partial charge in [-0.2, -0.15) is 5.10 Å². The number of pyridine rings is 1. The number of aromatic nitrogens is 4. The number of anilines is 1. The van der Waals surface area contributed by atoms with Gasteiger partial charge in [-0.15, -0.1) is 11.3 Å². The van der Waals surface area contributed by atoms with Gasteiger partial charge < -0.3 is 10.6 Å². The fourth-order valence-electron chi connectivity index (χ4n) is 4.37. The molecular weight excluding hydrogens is 486 g/mol. The number of carbonyl (C=O) groups excluding carboxylic acids is 2. The van der Waals surface area contributed by atoms with E-state index >= 15 is 0 Å². The second kappa shape index (κ2) is 10.8. The molecule has 0 bridgehead atoms. The monoisotopic (exact) mass is 517 g/mol. The van der Waals surface area contributed by atoms with Gasteiger partial charge in [-0.25, -0.2) is 14.5 Å². The highest BCUT2D eigenvalue weighted by molar-refractivity contribution is 7.13. The second-order valence-corrected chi connectivity index (χ2v) is 10.2. The van der Waals surface area contributed by atoms with Gasteiger partial charge in [0.25, 0.3) is 5.91 Å². The zero-order chi connectivity index (χ0) is 25.9. The first kappa shape index (κ1) is 25.0. The maximum Gasteiger partial charge on any atom is 0.251 e. The molecule has 0 aliphatic heterocycles. The van der Waals surface area contributed by atoms with Gasteiger partial charge in [0.2, 0.25) is 5.91 Å². The van der Waals surface area contributed by atoms with Gasteiger partial charge in [-0.1, -0.05) is 19.9 Å². The van der Waals surface area contributed by atoms with E-state index in [0.29, 0.717) is 34.8 Å². The lowest BCUT2D eigenvalue weighted by Gasteiger charge is -2.26. The molecular formula is C27H31N7O2S. The number of thiophene rings is 1. The van der Waals surface area contributed by atoms with Crippen molar-refractivity contribution in [3.05, 3.63) is 53.7 Å². The summed E-state index contributed by atoms with van der Waals surface area (Å²) in [6, 6.07) is 9.51. The van der Waals surface area contributed by atoms with Crippen molar-refractivity contribution in [3.63, 3.8) is 0 Å². The highest BCUT2D eigenvalue weighted by Gasteiger charge is 2.30. The van der Waals surface area contributed by atoms with E-state index < -0.39 is 0 Å². The summed E-state index contributed by atoms with van der Waals surface area (Å²) in [6.07, 6.45) is 5.32. The summed E-state index contributed by atoms with van der Waals surface area (Å²) in [6.45, 7) is 8.67. The fourth-order valence-corrected chi connectivity index (χ4v) is 5.06. The molecule has 4 aromatic rings. The molecule has 5 rings (SSSR count). The van der Waals surface area contributed by atoms with Crippen molar-refractivity contribution in [3.8, 4) is 21.8 Å². The van der Waals surface area contributed by atoms with Crippen LogP contribution in [0, 0.1) is 5.92 Å². The number of likely N-dealkylation sites (N-methyl/N-ethyl adjacent to an activating group) is 1. The molecule has 1 saturated carbocycles. The number of amides is 2. The Bertz CT molecular complexity index is 1410. The van der Waals surface area contributed by atoms with E-state index in [1.807, 2.05) is 29.8 Å². The van der Waals surface area contributed by atoms with Crippen molar-refractivity contribution in [1.29, 1.82) is 0 Å². The number of nitrogens with zero attached hydrogens (tertiary/aromatic N) is 5. The lowest BCUT2D eigenvalue weighted by molar-refractivity contribution is -0.117. The number of nitrogens with one attached hydrogen (secondary N) is 2. The van der Waals surface area contributed by atoms with E-state index in [1.165, 1.54) is 0 Å². The molecule has 0 aromatic carbocycles. The molecule has 37 heavy (non-hydrogen) atoms. The third-order valence-electron chi connectivity index (χ3n) is 6.70. The Morgan fingerprint density at radius 2 is 1.97 bits per heavy atom. The quantitative estimate of drug-likeness (QED) is 0.325. The van der Waals surface area contributed by atoms with Crippen LogP contribution < -0.4 is 10.6 Å². The molecule has 9 nitrogen and oxygen atoms in total. The van der Waals surface area contributed by atoms with Crippen LogP contribution in [0.1, 0.15) is 44.0 Å². The summed E-state index contributed by atoms with van der Waals surface area (Å²) >= 11 is 1.61. The highest BCUT2D eigenvalue weighted by atomic mass is 32.1. The van der Waals surface area contributed by atoms with Gasteiger partial charge in [0.05, 0.1) is 28.0 Å². The van der Waals surface area contributed by atoms with Gasteiger partial charge in [-0.05, 0) is 62.5 Å². The van der Waals surface area contributed by atoms with Gasteiger partial charge in [0.15, 0.2) is 5.65 Å². The van der Waals surface area contributed by atoms with Crippen LogP contribution in [0.15, 0.2) is 48.1 Å². The first-order chi connectivity index (χ1) is 18.0. The number of hydrogen-bond donors (Lipinski definition) is 2. The van der Waals surface area contributed by atoms with E-state index in [9.17, 15) is 9.59 Å². The van der Waals surface area contributed by atoms with Crippen molar-refractivity contribution in [2.75, 3.05) is 25.0 Å². The molecule has 1 atom stereocenters. The lowest BCUT2D eigenvalue weighted by Crippen LogP contribution is -2.42. The summed E-state index contributed by atoms with van der Waals surface area (Å²) in [7, 11) is 0. The molecule has 0 radical (unpaired) electrons. The number of hydrogen-bond acceptors (Lipinski definition) is 7. The Hall–Kier alpha value is -3.63. The molecule has 1 unspecified atom stereocenters. The molecule has 192 valence electrons. The number of rotatable bonds is 10. The van der Waals surface area contributed by atoms with Crippen LogP contribution in [0.25, 0.3) is 27.5 Å². The van der Waals surface area contributed by atoms with Crippen molar-refractivity contribution >= 4 is 34.6 Å². The molecule has 1 fully saturated rings. The molecule has 2 amide bonds. The Labute approximate surface area is 219 Å². The van der Waals surface area contributed by atoms with E-state index in [-0.39, 0.29) is 23.8 Å². The predicted octanol–water partition coefficient (Wildman–Crippen LogP) is 4.33. The summed E-state index contributed by atoms with van der Waals surface area (Å²) in [5.74, 6) is 0.0900. The highest BCUT2D eigenvalue weighted by Crippen LogP contribution is 2.31. The maximum absolute atomic E-state index is 13.2. The van der Waals surface area contributed by atoms with E-state index in [2.05, 4.69) is 41.4 Å².